The molecule has 2 aliphatic heterocycles. The van der Waals surface area contributed by atoms with E-state index < -0.39 is 6.04 Å². The van der Waals surface area contributed by atoms with Gasteiger partial charge in [-0.05, 0) is 24.1 Å². The summed E-state index contributed by atoms with van der Waals surface area (Å²) in [5.74, 6) is 1.20. The smallest absolute Gasteiger partial charge is 0.271 e. The molecule has 4 rings (SSSR count). The first-order chi connectivity index (χ1) is 14.8. The Balaban J connectivity index is 1.80. The Morgan fingerprint density at radius 1 is 1.19 bits per heavy atom. The van der Waals surface area contributed by atoms with Crippen molar-refractivity contribution in [3.05, 3.63) is 52.3 Å². The molecule has 0 spiro atoms. The summed E-state index contributed by atoms with van der Waals surface area (Å²) in [4.78, 5) is 23.7. The van der Waals surface area contributed by atoms with Crippen molar-refractivity contribution in [1.82, 2.24) is 4.90 Å². The predicted molar refractivity (Wildman–Crippen MR) is 121 cm³/mol. The number of halogens is 2. The lowest BCUT2D eigenvalue weighted by atomic mass is 10.0. The number of amidine groups is 2. The molecule has 0 N–H and O–H groups in total. The number of thioether (sulfide) groups is 1. The van der Waals surface area contributed by atoms with Gasteiger partial charge in [-0.2, -0.15) is 4.99 Å². The first-order valence-corrected chi connectivity index (χ1v) is 11.0. The van der Waals surface area contributed by atoms with Crippen LogP contribution in [0, 0.1) is 11.7 Å². The van der Waals surface area contributed by atoms with Gasteiger partial charge in [-0.1, -0.05) is 43.3 Å². The third kappa shape index (κ3) is 3.78. The monoisotopic (exact) mass is 461 g/mol. The number of benzene rings is 2. The number of methoxy groups -OCH3 is 2. The van der Waals surface area contributed by atoms with E-state index in [1.54, 1.807) is 38.5 Å². The lowest BCUT2D eigenvalue weighted by Crippen LogP contribution is -2.46. The molecule has 2 aliphatic rings. The quantitative estimate of drug-likeness (QED) is 0.623. The maximum Gasteiger partial charge on any atom is 0.271 e. The fourth-order valence-electron chi connectivity index (χ4n) is 3.65. The predicted octanol–water partition coefficient (Wildman–Crippen LogP) is 5.04. The summed E-state index contributed by atoms with van der Waals surface area (Å²) in [5.41, 5.74) is 1.68. The topological polar surface area (TPSA) is 63.5 Å². The highest BCUT2D eigenvalue weighted by Gasteiger charge is 2.43. The Hall–Kier alpha value is -2.58. The van der Waals surface area contributed by atoms with Gasteiger partial charge in [0.25, 0.3) is 5.91 Å². The second kappa shape index (κ2) is 8.51. The highest BCUT2D eigenvalue weighted by atomic mass is 35.5. The SMILES string of the molecule is COc1cc2c(cc1OC)C1=NC(=O)[C@H](C(C)C)N1C(SCc1c(F)cccc1Cl)=N2. The van der Waals surface area contributed by atoms with Crippen LogP contribution >= 0.6 is 23.4 Å². The van der Waals surface area contributed by atoms with Crippen molar-refractivity contribution in [1.29, 1.82) is 0 Å². The van der Waals surface area contributed by atoms with Crippen LogP contribution in [0.25, 0.3) is 0 Å². The zero-order chi connectivity index (χ0) is 22.3. The average Bonchev–Trinajstić information content (AvgIpc) is 3.09. The van der Waals surface area contributed by atoms with Crippen molar-refractivity contribution in [2.24, 2.45) is 15.9 Å². The molecular weight excluding hydrogens is 441 g/mol. The Morgan fingerprint density at radius 2 is 1.90 bits per heavy atom. The standard InChI is InChI=1S/C22H21ClFN3O3S/c1-11(2)19-21(28)26-20-12-8-17(29-3)18(30-4)9-16(12)25-22(27(19)20)31-10-13-14(23)6-5-7-15(13)24/h5-9,11,19H,10H2,1-4H3/t19-/m0/s1. The van der Waals surface area contributed by atoms with Crippen LogP contribution in [-0.2, 0) is 10.5 Å². The molecule has 9 heteroatoms. The Labute approximate surface area is 189 Å². The van der Waals surface area contributed by atoms with Crippen molar-refractivity contribution >= 4 is 46.0 Å². The number of aliphatic imine (C=N–C) groups is 2. The van der Waals surface area contributed by atoms with Crippen molar-refractivity contribution in [2.75, 3.05) is 14.2 Å². The molecule has 0 aliphatic carbocycles. The highest BCUT2D eigenvalue weighted by molar-refractivity contribution is 8.13. The highest BCUT2D eigenvalue weighted by Crippen LogP contribution is 2.42. The normalized spacial score (nSPS) is 17.3. The number of rotatable bonds is 5. The summed E-state index contributed by atoms with van der Waals surface area (Å²) in [6.45, 7) is 3.92. The van der Waals surface area contributed by atoms with Crippen LogP contribution in [0.5, 0.6) is 11.5 Å². The van der Waals surface area contributed by atoms with E-state index in [0.717, 1.165) is 0 Å². The number of nitrogens with zero attached hydrogens (tertiary/aromatic N) is 3. The molecule has 0 fully saturated rings. The first kappa shape index (κ1) is 21.6. The van der Waals surface area contributed by atoms with Crippen LogP contribution in [0.2, 0.25) is 5.02 Å². The molecule has 1 atom stereocenters. The van der Waals surface area contributed by atoms with E-state index >= 15 is 0 Å². The fourth-order valence-corrected chi connectivity index (χ4v) is 5.03. The van der Waals surface area contributed by atoms with Crippen molar-refractivity contribution in [3.63, 3.8) is 0 Å². The molecule has 1 amide bonds. The van der Waals surface area contributed by atoms with Crippen molar-refractivity contribution in [2.45, 2.75) is 25.6 Å². The summed E-state index contributed by atoms with van der Waals surface area (Å²) in [5, 5.41) is 0.907. The van der Waals surface area contributed by atoms with Gasteiger partial charge in [-0.3, -0.25) is 9.69 Å². The van der Waals surface area contributed by atoms with Crippen LogP contribution in [0.4, 0.5) is 10.1 Å². The summed E-state index contributed by atoms with van der Waals surface area (Å²) in [6, 6.07) is 7.63. The minimum atomic E-state index is -0.487. The van der Waals surface area contributed by atoms with Crippen LogP contribution < -0.4 is 9.47 Å². The van der Waals surface area contributed by atoms with E-state index in [1.165, 1.54) is 17.8 Å². The third-order valence-electron chi connectivity index (χ3n) is 5.18. The summed E-state index contributed by atoms with van der Waals surface area (Å²) in [6.07, 6.45) is 0. The molecule has 0 bridgehead atoms. The van der Waals surface area contributed by atoms with Crippen molar-refractivity contribution in [3.8, 4) is 11.5 Å². The van der Waals surface area contributed by atoms with Crippen LogP contribution in [0.3, 0.4) is 0 Å². The molecule has 0 aromatic heterocycles. The van der Waals surface area contributed by atoms with Gasteiger partial charge in [-0.25, -0.2) is 9.38 Å². The van der Waals surface area contributed by atoms with Gasteiger partial charge in [0.15, 0.2) is 16.7 Å². The summed E-state index contributed by atoms with van der Waals surface area (Å²) < 4.78 is 25.1. The minimum absolute atomic E-state index is 0.00158. The molecule has 2 aromatic rings. The van der Waals surface area contributed by atoms with E-state index in [-0.39, 0.29) is 23.4 Å². The van der Waals surface area contributed by atoms with Gasteiger partial charge in [0.05, 0.1) is 19.9 Å². The van der Waals surface area contributed by atoms with Gasteiger partial charge in [0.1, 0.15) is 17.7 Å². The summed E-state index contributed by atoms with van der Waals surface area (Å²) >= 11 is 7.51. The average molecular weight is 462 g/mol. The van der Waals surface area contributed by atoms with E-state index in [2.05, 4.69) is 4.99 Å². The minimum Gasteiger partial charge on any atom is -0.493 e. The van der Waals surface area contributed by atoms with Gasteiger partial charge in [0.2, 0.25) is 0 Å². The first-order valence-electron chi connectivity index (χ1n) is 9.68. The number of hydrogen-bond acceptors (Lipinski definition) is 6. The van der Waals surface area contributed by atoms with E-state index in [9.17, 15) is 9.18 Å². The van der Waals surface area contributed by atoms with Crippen LogP contribution in [-0.4, -0.2) is 42.1 Å². The number of ether oxygens (including phenoxy) is 2. The Bertz CT molecular complexity index is 1100. The molecule has 0 saturated carbocycles. The van der Waals surface area contributed by atoms with Crippen LogP contribution in [0.1, 0.15) is 25.0 Å². The number of fused-ring (bicyclic) bond motifs is 3. The van der Waals surface area contributed by atoms with E-state index in [4.69, 9.17) is 26.1 Å². The molecule has 0 unspecified atom stereocenters. The number of carbonyl (C=O) groups is 1. The van der Waals surface area contributed by atoms with Crippen molar-refractivity contribution < 1.29 is 18.7 Å². The second-order valence-corrected chi connectivity index (χ2v) is 8.79. The second-order valence-electron chi connectivity index (χ2n) is 7.44. The molecule has 2 aromatic carbocycles. The van der Waals surface area contributed by atoms with Crippen LogP contribution in [0.15, 0.2) is 40.3 Å². The molecule has 0 radical (unpaired) electrons. The zero-order valence-electron chi connectivity index (χ0n) is 17.5. The fraction of sp³-hybridized carbons (Fsp3) is 0.318. The molecule has 0 saturated heterocycles. The number of amides is 1. The zero-order valence-corrected chi connectivity index (χ0v) is 19.1. The number of carbonyl (C=O) groups excluding carboxylic acids is 1. The van der Waals surface area contributed by atoms with Gasteiger partial charge in [-0.15, -0.1) is 0 Å². The van der Waals surface area contributed by atoms with Gasteiger partial charge < -0.3 is 9.47 Å². The molecule has 6 nitrogen and oxygen atoms in total. The van der Waals surface area contributed by atoms with E-state index in [1.807, 2.05) is 18.7 Å². The van der Waals surface area contributed by atoms with E-state index in [0.29, 0.717) is 44.3 Å². The third-order valence-corrected chi connectivity index (χ3v) is 6.51. The van der Waals surface area contributed by atoms with Gasteiger partial charge in [0, 0.05) is 28.0 Å². The molecular formula is C22H21ClFN3O3S. The maximum absolute atomic E-state index is 14.3. The van der Waals surface area contributed by atoms with Gasteiger partial charge >= 0.3 is 0 Å². The lowest BCUT2D eigenvalue weighted by Gasteiger charge is -2.33. The maximum atomic E-state index is 14.3. The largest absolute Gasteiger partial charge is 0.493 e. The lowest BCUT2D eigenvalue weighted by molar-refractivity contribution is -0.120. The number of hydrogen-bond donors (Lipinski definition) is 0. The molecule has 31 heavy (non-hydrogen) atoms. The Kier molecular flexibility index (Phi) is 5.94. The molecule has 162 valence electrons. The summed E-state index contributed by atoms with van der Waals surface area (Å²) in [7, 11) is 3.09. The Morgan fingerprint density at radius 3 is 2.55 bits per heavy atom. The molecule has 2 heterocycles.